The molecule has 2 heterocycles. The molecule has 1 atom stereocenters. The molecule has 2 aromatic carbocycles. The predicted octanol–water partition coefficient (Wildman–Crippen LogP) is 5.87. The Labute approximate surface area is 230 Å². The van der Waals surface area contributed by atoms with Gasteiger partial charge in [-0.05, 0) is 72.2 Å². The normalized spacial score (nSPS) is 14.7. The molecular weight excluding hydrogens is 486 g/mol. The zero-order valence-corrected chi connectivity index (χ0v) is 23.2. The Bertz CT molecular complexity index is 1440. The molecule has 0 radical (unpaired) electrons. The van der Waals surface area contributed by atoms with Gasteiger partial charge in [-0.1, -0.05) is 38.1 Å². The number of anilines is 2. The van der Waals surface area contributed by atoms with E-state index in [4.69, 9.17) is 0 Å². The highest BCUT2D eigenvalue weighted by molar-refractivity contribution is 5.98. The summed E-state index contributed by atoms with van der Waals surface area (Å²) < 4.78 is 1.92. The molecule has 0 saturated heterocycles. The van der Waals surface area contributed by atoms with Crippen LogP contribution in [0.2, 0.25) is 0 Å². The van der Waals surface area contributed by atoms with Gasteiger partial charge in [-0.15, -0.1) is 0 Å². The molecule has 5 rings (SSSR count). The second-order valence-electron chi connectivity index (χ2n) is 10.9. The Morgan fingerprint density at radius 3 is 2.62 bits per heavy atom. The van der Waals surface area contributed by atoms with E-state index < -0.39 is 0 Å². The number of aromatic nitrogens is 3. The van der Waals surface area contributed by atoms with E-state index in [1.165, 1.54) is 0 Å². The van der Waals surface area contributed by atoms with Crippen molar-refractivity contribution in [2.24, 2.45) is 0 Å². The molecule has 1 amide bonds. The van der Waals surface area contributed by atoms with Crippen LogP contribution in [-0.4, -0.2) is 39.9 Å². The molecule has 0 spiro atoms. The zero-order chi connectivity index (χ0) is 27.5. The largest absolute Gasteiger partial charge is 0.508 e. The van der Waals surface area contributed by atoms with E-state index in [9.17, 15) is 9.90 Å². The number of carbonyl (C=O) groups excluding carboxylic acids is 1. The van der Waals surface area contributed by atoms with E-state index in [1.54, 1.807) is 12.3 Å². The molecule has 39 heavy (non-hydrogen) atoms. The molecular formula is C32H37N5O2. The lowest BCUT2D eigenvalue weighted by molar-refractivity contribution is -0.120. The molecule has 2 aromatic heterocycles. The number of carbonyl (C=O) groups is 1. The Kier molecular flexibility index (Phi) is 7.68. The number of nitrogens with zero attached hydrogens (tertiary/aromatic N) is 5. The summed E-state index contributed by atoms with van der Waals surface area (Å²) in [5.41, 5.74) is 6.84. The summed E-state index contributed by atoms with van der Waals surface area (Å²) in [6, 6.07) is 17.9. The van der Waals surface area contributed by atoms with E-state index in [0.717, 1.165) is 58.6 Å². The molecule has 0 saturated carbocycles. The molecule has 0 aliphatic heterocycles. The van der Waals surface area contributed by atoms with Crippen molar-refractivity contribution < 1.29 is 9.90 Å². The SMILES string of the molecule is CC(C)c1ccc(N(Cc2cnn(Cc3cccc(N(C)C)c3)c2)C(=O)C2CCCc3c(O)cccc32)cn1. The molecule has 202 valence electrons. The predicted molar refractivity (Wildman–Crippen MR) is 155 cm³/mol. The van der Waals surface area contributed by atoms with Crippen LogP contribution in [-0.2, 0) is 24.3 Å². The van der Waals surface area contributed by atoms with Gasteiger partial charge in [0.15, 0.2) is 0 Å². The third-order valence-corrected chi connectivity index (χ3v) is 7.52. The summed E-state index contributed by atoms with van der Waals surface area (Å²) in [4.78, 5) is 22.7. The third-order valence-electron chi connectivity index (χ3n) is 7.52. The van der Waals surface area contributed by atoms with Crippen LogP contribution in [0.5, 0.6) is 5.75 Å². The Hall–Kier alpha value is -4.13. The molecule has 1 aliphatic rings. The third kappa shape index (κ3) is 5.82. The number of phenols is 1. The van der Waals surface area contributed by atoms with Crippen LogP contribution < -0.4 is 9.80 Å². The van der Waals surface area contributed by atoms with Gasteiger partial charge in [-0.2, -0.15) is 5.10 Å². The number of pyridine rings is 1. The van der Waals surface area contributed by atoms with Gasteiger partial charge in [-0.3, -0.25) is 14.5 Å². The van der Waals surface area contributed by atoms with Gasteiger partial charge in [0, 0.05) is 37.2 Å². The van der Waals surface area contributed by atoms with Crippen molar-refractivity contribution in [3.05, 3.63) is 101 Å². The number of hydrogen-bond donors (Lipinski definition) is 1. The quantitative estimate of drug-likeness (QED) is 0.312. The first-order valence-corrected chi connectivity index (χ1v) is 13.7. The second kappa shape index (κ2) is 11.3. The van der Waals surface area contributed by atoms with Gasteiger partial charge in [0.25, 0.3) is 0 Å². The fourth-order valence-corrected chi connectivity index (χ4v) is 5.35. The number of phenolic OH excluding ortho intramolecular Hbond substituents is 1. The van der Waals surface area contributed by atoms with Crippen LogP contribution in [0, 0.1) is 0 Å². The summed E-state index contributed by atoms with van der Waals surface area (Å²) in [6.07, 6.45) is 8.06. The van der Waals surface area contributed by atoms with Gasteiger partial charge in [0.05, 0.1) is 37.1 Å². The van der Waals surface area contributed by atoms with Gasteiger partial charge >= 0.3 is 0 Å². The highest BCUT2D eigenvalue weighted by Crippen LogP contribution is 2.38. The van der Waals surface area contributed by atoms with Crippen LogP contribution >= 0.6 is 0 Å². The van der Waals surface area contributed by atoms with Crippen LogP contribution in [0.4, 0.5) is 11.4 Å². The topological polar surface area (TPSA) is 74.5 Å². The van der Waals surface area contributed by atoms with Crippen molar-refractivity contribution in [3.8, 4) is 5.75 Å². The monoisotopic (exact) mass is 523 g/mol. The van der Waals surface area contributed by atoms with E-state index in [1.807, 2.05) is 60.3 Å². The number of rotatable bonds is 8. The lowest BCUT2D eigenvalue weighted by Gasteiger charge is -2.31. The fourth-order valence-electron chi connectivity index (χ4n) is 5.35. The Morgan fingerprint density at radius 1 is 1.05 bits per heavy atom. The fraction of sp³-hybridized carbons (Fsp3) is 0.344. The molecule has 1 N–H and O–H groups in total. The van der Waals surface area contributed by atoms with Crippen molar-refractivity contribution in [1.29, 1.82) is 0 Å². The molecule has 4 aromatic rings. The summed E-state index contributed by atoms with van der Waals surface area (Å²) in [7, 11) is 4.07. The van der Waals surface area contributed by atoms with Gasteiger partial charge in [0.1, 0.15) is 5.75 Å². The molecule has 1 aliphatic carbocycles. The summed E-state index contributed by atoms with van der Waals surface area (Å²) >= 11 is 0. The first-order valence-electron chi connectivity index (χ1n) is 13.7. The van der Waals surface area contributed by atoms with Crippen molar-refractivity contribution in [3.63, 3.8) is 0 Å². The number of fused-ring (bicyclic) bond motifs is 1. The number of benzene rings is 2. The summed E-state index contributed by atoms with van der Waals surface area (Å²) in [5, 5.41) is 15.1. The lowest BCUT2D eigenvalue weighted by atomic mass is 9.81. The average molecular weight is 524 g/mol. The van der Waals surface area contributed by atoms with Gasteiger partial charge < -0.3 is 14.9 Å². The summed E-state index contributed by atoms with van der Waals surface area (Å²) in [6.45, 7) is 5.26. The first kappa shape index (κ1) is 26.5. The minimum atomic E-state index is -0.311. The van der Waals surface area contributed by atoms with Crippen molar-refractivity contribution in [2.75, 3.05) is 23.9 Å². The molecule has 0 fully saturated rings. The minimum absolute atomic E-state index is 0.0204. The zero-order valence-electron chi connectivity index (χ0n) is 23.2. The van der Waals surface area contributed by atoms with E-state index >= 15 is 0 Å². The maximum absolute atomic E-state index is 14.2. The van der Waals surface area contributed by atoms with Crippen molar-refractivity contribution in [1.82, 2.24) is 14.8 Å². The standard InChI is InChI=1S/C32H37N5O2/c1-22(2)30-15-14-26(18-33-30)37(32(39)29-12-6-11-28-27(29)10-7-13-31(28)38)21-24-17-34-36(20-24)19-23-8-5-9-25(16-23)35(3)4/h5,7-10,13-18,20,22,29,38H,6,11-12,19,21H2,1-4H3. The number of aromatic hydroxyl groups is 1. The van der Waals surface area contributed by atoms with Crippen LogP contribution in [0.1, 0.15) is 66.5 Å². The van der Waals surface area contributed by atoms with Crippen molar-refractivity contribution in [2.45, 2.75) is 58.0 Å². The average Bonchev–Trinajstić information content (AvgIpc) is 3.38. The maximum atomic E-state index is 14.2. The van der Waals surface area contributed by atoms with Crippen LogP contribution in [0.15, 0.2) is 73.2 Å². The highest BCUT2D eigenvalue weighted by atomic mass is 16.3. The lowest BCUT2D eigenvalue weighted by Crippen LogP contribution is -2.36. The van der Waals surface area contributed by atoms with Crippen LogP contribution in [0.3, 0.4) is 0 Å². The number of hydrogen-bond acceptors (Lipinski definition) is 5. The minimum Gasteiger partial charge on any atom is -0.508 e. The highest BCUT2D eigenvalue weighted by Gasteiger charge is 2.32. The number of amides is 1. The molecule has 7 nitrogen and oxygen atoms in total. The smallest absolute Gasteiger partial charge is 0.234 e. The molecule has 1 unspecified atom stereocenters. The molecule has 0 bridgehead atoms. The van der Waals surface area contributed by atoms with E-state index in [-0.39, 0.29) is 17.6 Å². The maximum Gasteiger partial charge on any atom is 0.234 e. The van der Waals surface area contributed by atoms with Crippen LogP contribution in [0.25, 0.3) is 0 Å². The van der Waals surface area contributed by atoms with Gasteiger partial charge in [0.2, 0.25) is 5.91 Å². The van der Waals surface area contributed by atoms with E-state index in [2.05, 4.69) is 53.1 Å². The molecule has 7 heteroatoms. The first-order chi connectivity index (χ1) is 18.8. The van der Waals surface area contributed by atoms with Gasteiger partial charge in [-0.25, -0.2) is 0 Å². The van der Waals surface area contributed by atoms with Crippen molar-refractivity contribution >= 4 is 17.3 Å². The Morgan fingerprint density at radius 2 is 1.87 bits per heavy atom. The second-order valence-corrected chi connectivity index (χ2v) is 10.9. The Balaban J connectivity index is 1.43. The van der Waals surface area contributed by atoms with E-state index in [0.29, 0.717) is 19.0 Å². The summed E-state index contributed by atoms with van der Waals surface area (Å²) in [5.74, 6) is 0.293.